The van der Waals surface area contributed by atoms with Crippen LogP contribution in [0, 0.1) is 0 Å². The van der Waals surface area contributed by atoms with E-state index in [1.165, 1.54) is 16.7 Å². The van der Waals surface area contributed by atoms with E-state index in [0.717, 1.165) is 37.3 Å². The molecule has 1 aliphatic rings. The average molecular weight is 420 g/mol. The molecular weight excluding hydrogens is 386 g/mol. The molecule has 0 saturated heterocycles. The van der Waals surface area contributed by atoms with Crippen molar-refractivity contribution in [2.75, 3.05) is 20.3 Å². The minimum Gasteiger partial charge on any atom is -0.383 e. The molecule has 0 unspecified atom stereocenters. The Labute approximate surface area is 184 Å². The Kier molecular flexibility index (Phi) is 6.73. The number of benzene rings is 2. The van der Waals surface area contributed by atoms with Crippen LogP contribution in [0.4, 0.5) is 0 Å². The lowest BCUT2D eigenvalue weighted by Crippen LogP contribution is -2.32. The number of methoxy groups -OCH3 is 1. The van der Waals surface area contributed by atoms with Crippen LogP contribution in [-0.4, -0.2) is 34.5 Å². The first-order valence-corrected chi connectivity index (χ1v) is 11.2. The number of fused-ring (bicyclic) bond motifs is 1. The van der Waals surface area contributed by atoms with Gasteiger partial charge in [0.15, 0.2) is 0 Å². The number of hydrogen-bond donors (Lipinski definition) is 0. The molecule has 0 atom stereocenters. The van der Waals surface area contributed by atoms with Gasteiger partial charge in [-0.1, -0.05) is 68.4 Å². The van der Waals surface area contributed by atoms with Crippen LogP contribution in [0.25, 0.3) is 0 Å². The molecule has 0 spiro atoms. The number of nitrogens with zero attached hydrogens (tertiary/aromatic N) is 3. The molecule has 2 heterocycles. The molecule has 5 heteroatoms. The molecule has 0 radical (unpaired) electrons. The fraction of sp³-hybridized carbons (Fsp3) is 0.423. The van der Waals surface area contributed by atoms with Crippen LogP contribution in [-0.2, 0) is 37.3 Å². The maximum absolute atomic E-state index is 13.2. The third-order valence-corrected chi connectivity index (χ3v) is 6.23. The first kappa shape index (κ1) is 21.6. The third-order valence-electron chi connectivity index (χ3n) is 6.23. The lowest BCUT2D eigenvalue weighted by atomic mass is 10.0. The lowest BCUT2D eigenvalue weighted by molar-refractivity contribution is 0.175. The van der Waals surface area contributed by atoms with E-state index < -0.39 is 0 Å². The van der Waals surface area contributed by atoms with Crippen molar-refractivity contribution in [3.8, 4) is 0 Å². The summed E-state index contributed by atoms with van der Waals surface area (Å²) in [5, 5.41) is 0. The summed E-state index contributed by atoms with van der Waals surface area (Å²) < 4.78 is 9.34. The molecule has 0 saturated carbocycles. The molecule has 2 aromatic carbocycles. The number of ether oxygens (including phenoxy) is 1. The van der Waals surface area contributed by atoms with E-state index in [-0.39, 0.29) is 5.56 Å². The van der Waals surface area contributed by atoms with Gasteiger partial charge in [-0.15, -0.1) is 0 Å². The Hall–Kier alpha value is -2.63. The minimum absolute atomic E-state index is 0.143. The predicted octanol–water partition coefficient (Wildman–Crippen LogP) is 4.03. The van der Waals surface area contributed by atoms with Gasteiger partial charge < -0.3 is 4.74 Å². The molecule has 0 amide bonds. The Balaban J connectivity index is 1.60. The van der Waals surface area contributed by atoms with Gasteiger partial charge >= 0.3 is 0 Å². The van der Waals surface area contributed by atoms with Gasteiger partial charge in [0.05, 0.1) is 25.4 Å². The monoisotopic (exact) mass is 419 g/mol. The molecular formula is C26H33N3O2. The third kappa shape index (κ3) is 4.83. The molecule has 0 N–H and O–H groups in total. The van der Waals surface area contributed by atoms with Crippen LogP contribution in [0.15, 0.2) is 59.4 Å². The van der Waals surface area contributed by atoms with Gasteiger partial charge in [0.25, 0.3) is 5.56 Å². The van der Waals surface area contributed by atoms with Gasteiger partial charge in [0.2, 0.25) is 0 Å². The van der Waals surface area contributed by atoms with Crippen molar-refractivity contribution in [3.63, 3.8) is 0 Å². The summed E-state index contributed by atoms with van der Waals surface area (Å²) in [4.78, 5) is 15.6. The first-order valence-electron chi connectivity index (χ1n) is 11.2. The molecule has 1 aromatic heterocycles. The molecule has 164 valence electrons. The molecule has 0 fully saturated rings. The Morgan fingerprint density at radius 3 is 2.32 bits per heavy atom. The van der Waals surface area contributed by atoms with Crippen LogP contribution in [0.2, 0.25) is 0 Å². The van der Waals surface area contributed by atoms with E-state index in [9.17, 15) is 4.79 Å². The highest BCUT2D eigenvalue weighted by molar-refractivity contribution is 5.27. The number of aromatic nitrogens is 2. The van der Waals surface area contributed by atoms with Crippen molar-refractivity contribution in [2.24, 2.45) is 0 Å². The average Bonchev–Trinajstić information content (AvgIpc) is 3.04. The molecule has 3 aromatic rings. The van der Waals surface area contributed by atoms with E-state index >= 15 is 0 Å². The largest absolute Gasteiger partial charge is 0.383 e. The van der Waals surface area contributed by atoms with Crippen LogP contribution in [0.5, 0.6) is 0 Å². The van der Waals surface area contributed by atoms with Gasteiger partial charge in [-0.25, -0.2) is 4.68 Å². The highest BCUT2D eigenvalue weighted by atomic mass is 16.5. The van der Waals surface area contributed by atoms with Crippen molar-refractivity contribution in [1.29, 1.82) is 0 Å². The number of rotatable bonds is 8. The second-order valence-electron chi connectivity index (χ2n) is 8.75. The fourth-order valence-corrected chi connectivity index (χ4v) is 4.42. The van der Waals surface area contributed by atoms with Gasteiger partial charge in [-0.05, 0) is 29.0 Å². The van der Waals surface area contributed by atoms with Gasteiger partial charge in [-0.2, -0.15) is 0 Å². The van der Waals surface area contributed by atoms with Crippen LogP contribution >= 0.6 is 0 Å². The van der Waals surface area contributed by atoms with E-state index in [4.69, 9.17) is 4.74 Å². The normalized spacial score (nSPS) is 14.2. The van der Waals surface area contributed by atoms with Crippen molar-refractivity contribution < 1.29 is 4.74 Å². The molecule has 0 aliphatic carbocycles. The standard InChI is InChI=1S/C26H33N3O2/c1-20(2)23-11-9-22(10-12-23)17-27-14-13-24-25(19-27)29(18-21-7-5-4-6-8-21)28(26(24)30)15-16-31-3/h4-12,20H,13-19H2,1-3H3. The quantitative estimate of drug-likeness (QED) is 0.554. The zero-order chi connectivity index (χ0) is 21.8. The molecule has 4 rings (SSSR count). The maximum atomic E-state index is 13.2. The number of hydrogen-bond acceptors (Lipinski definition) is 3. The minimum atomic E-state index is 0.143. The zero-order valence-corrected chi connectivity index (χ0v) is 18.9. The van der Waals surface area contributed by atoms with Crippen LogP contribution in [0.1, 0.15) is 47.7 Å². The fourth-order valence-electron chi connectivity index (χ4n) is 4.42. The summed E-state index contributed by atoms with van der Waals surface area (Å²) in [5.74, 6) is 0.547. The van der Waals surface area contributed by atoms with Crippen LogP contribution in [0.3, 0.4) is 0 Å². The van der Waals surface area contributed by atoms with E-state index in [1.54, 1.807) is 7.11 Å². The lowest BCUT2D eigenvalue weighted by Gasteiger charge is -2.28. The van der Waals surface area contributed by atoms with Gasteiger partial charge in [-0.3, -0.25) is 14.4 Å². The van der Waals surface area contributed by atoms with E-state index in [1.807, 2.05) is 10.7 Å². The smallest absolute Gasteiger partial charge is 0.270 e. The summed E-state index contributed by atoms with van der Waals surface area (Å²) >= 11 is 0. The van der Waals surface area contributed by atoms with Crippen molar-refractivity contribution in [2.45, 2.75) is 52.4 Å². The van der Waals surface area contributed by atoms with Gasteiger partial charge in [0.1, 0.15) is 0 Å². The molecule has 0 bridgehead atoms. The summed E-state index contributed by atoms with van der Waals surface area (Å²) in [7, 11) is 1.68. The van der Waals surface area contributed by atoms with Crippen molar-refractivity contribution in [3.05, 3.63) is 92.9 Å². The first-order chi connectivity index (χ1) is 15.1. The maximum Gasteiger partial charge on any atom is 0.270 e. The van der Waals surface area contributed by atoms with Crippen molar-refractivity contribution >= 4 is 0 Å². The molecule has 31 heavy (non-hydrogen) atoms. The molecule has 5 nitrogen and oxygen atoms in total. The molecule has 1 aliphatic heterocycles. The summed E-state index contributed by atoms with van der Waals surface area (Å²) in [5.41, 5.74) is 6.16. The van der Waals surface area contributed by atoms with E-state index in [2.05, 4.69) is 72.0 Å². The Bertz CT molecular complexity index is 1050. The summed E-state index contributed by atoms with van der Waals surface area (Å²) in [6.45, 7) is 8.86. The predicted molar refractivity (Wildman–Crippen MR) is 124 cm³/mol. The highest BCUT2D eigenvalue weighted by Gasteiger charge is 2.26. The summed E-state index contributed by atoms with van der Waals surface area (Å²) in [6, 6.07) is 19.3. The second kappa shape index (κ2) is 9.67. The second-order valence-corrected chi connectivity index (χ2v) is 8.75. The highest BCUT2D eigenvalue weighted by Crippen LogP contribution is 2.22. The Morgan fingerprint density at radius 2 is 1.65 bits per heavy atom. The van der Waals surface area contributed by atoms with Crippen molar-refractivity contribution in [1.82, 2.24) is 14.3 Å². The van der Waals surface area contributed by atoms with Gasteiger partial charge in [0, 0.05) is 32.3 Å². The SMILES string of the molecule is COCCn1c(=O)c2c(n1Cc1ccccc1)CN(Cc1ccc(C(C)C)cc1)CC2. The van der Waals surface area contributed by atoms with E-state index in [0.29, 0.717) is 25.6 Å². The Morgan fingerprint density at radius 1 is 0.935 bits per heavy atom. The topological polar surface area (TPSA) is 39.4 Å². The zero-order valence-electron chi connectivity index (χ0n) is 18.9. The van der Waals surface area contributed by atoms with Crippen LogP contribution < -0.4 is 5.56 Å². The summed E-state index contributed by atoms with van der Waals surface area (Å²) in [6.07, 6.45) is 0.799.